The second-order valence-electron chi connectivity index (χ2n) is 6.51. The van der Waals surface area contributed by atoms with E-state index >= 15 is 0 Å². The third kappa shape index (κ3) is 3.03. The first-order valence-corrected chi connectivity index (χ1v) is 8.25. The van der Waals surface area contributed by atoms with Crippen LogP contribution in [0.1, 0.15) is 22.3 Å². The number of benzene rings is 1. The summed E-state index contributed by atoms with van der Waals surface area (Å²) in [5, 5.41) is 4.17. The summed E-state index contributed by atoms with van der Waals surface area (Å²) in [6.45, 7) is 0.709. The van der Waals surface area contributed by atoms with Crippen LogP contribution in [0.2, 0.25) is 0 Å². The van der Waals surface area contributed by atoms with E-state index in [4.69, 9.17) is 5.73 Å². The summed E-state index contributed by atoms with van der Waals surface area (Å²) in [6, 6.07) is 11.0. The van der Waals surface area contributed by atoms with Crippen LogP contribution in [-0.2, 0) is 6.54 Å². The highest BCUT2D eigenvalue weighted by Gasteiger charge is 2.37. The van der Waals surface area contributed by atoms with Gasteiger partial charge in [0.1, 0.15) is 6.33 Å². The number of hydrogen-bond donors (Lipinski definition) is 1. The highest BCUT2D eigenvalue weighted by atomic mass is 19.3. The van der Waals surface area contributed by atoms with Crippen LogP contribution in [0.4, 0.5) is 8.78 Å². The fourth-order valence-corrected chi connectivity index (χ4v) is 3.30. The number of halogens is 2. The van der Waals surface area contributed by atoms with Crippen molar-refractivity contribution in [3.8, 4) is 11.3 Å². The van der Waals surface area contributed by atoms with Crippen LogP contribution in [0.5, 0.6) is 0 Å². The quantitative estimate of drug-likeness (QED) is 0.778. The van der Waals surface area contributed by atoms with E-state index in [2.05, 4.69) is 10.1 Å². The fraction of sp³-hybridized carbons (Fsp3) is 0.278. The van der Waals surface area contributed by atoms with Crippen LogP contribution in [0.25, 0.3) is 16.9 Å². The highest BCUT2D eigenvalue weighted by Crippen LogP contribution is 2.28. The second kappa shape index (κ2) is 6.14. The van der Waals surface area contributed by atoms with Crippen molar-refractivity contribution in [1.82, 2.24) is 19.5 Å². The molecule has 1 amide bonds. The van der Waals surface area contributed by atoms with Gasteiger partial charge in [-0.1, -0.05) is 24.3 Å². The summed E-state index contributed by atoms with van der Waals surface area (Å²) in [4.78, 5) is 17.4. The molecule has 0 aliphatic carbocycles. The minimum Gasteiger partial charge on any atom is -0.365 e. The summed E-state index contributed by atoms with van der Waals surface area (Å²) >= 11 is 0. The Balaban J connectivity index is 1.60. The Morgan fingerprint density at radius 2 is 1.96 bits per heavy atom. The molecule has 3 aromatic rings. The van der Waals surface area contributed by atoms with Crippen LogP contribution in [-0.4, -0.2) is 44.4 Å². The van der Waals surface area contributed by atoms with E-state index in [0.29, 0.717) is 24.3 Å². The number of rotatable bonds is 4. The number of nitrogens with zero attached hydrogens (tertiary/aromatic N) is 4. The number of aromatic nitrogens is 3. The average molecular weight is 357 g/mol. The van der Waals surface area contributed by atoms with Crippen molar-refractivity contribution in [2.75, 3.05) is 13.1 Å². The molecule has 1 aliphatic rings. The predicted octanol–water partition coefficient (Wildman–Crippen LogP) is 2.34. The molecule has 0 bridgehead atoms. The molecule has 1 saturated heterocycles. The maximum absolute atomic E-state index is 13.3. The lowest BCUT2D eigenvalue weighted by atomic mass is 10.1. The van der Waals surface area contributed by atoms with Crippen LogP contribution in [0, 0.1) is 0 Å². The van der Waals surface area contributed by atoms with E-state index in [1.54, 1.807) is 21.5 Å². The summed E-state index contributed by atoms with van der Waals surface area (Å²) in [7, 11) is 0. The number of amides is 1. The molecule has 8 heteroatoms. The molecule has 0 saturated carbocycles. The van der Waals surface area contributed by atoms with Crippen molar-refractivity contribution >= 4 is 11.6 Å². The van der Waals surface area contributed by atoms with Gasteiger partial charge >= 0.3 is 0 Å². The van der Waals surface area contributed by atoms with Crippen LogP contribution in [0.3, 0.4) is 0 Å². The Morgan fingerprint density at radius 1 is 1.19 bits per heavy atom. The molecule has 26 heavy (non-hydrogen) atoms. The zero-order valence-corrected chi connectivity index (χ0v) is 13.9. The third-order valence-corrected chi connectivity index (χ3v) is 4.59. The molecule has 1 aromatic carbocycles. The van der Waals surface area contributed by atoms with Gasteiger partial charge in [-0.25, -0.2) is 18.3 Å². The number of alkyl halides is 2. The number of likely N-dealkylation sites (tertiary alicyclic amines) is 1. The summed E-state index contributed by atoms with van der Waals surface area (Å²) in [6.07, 6.45) is 1.29. The highest BCUT2D eigenvalue weighted by molar-refractivity contribution is 5.99. The number of fused-ring (bicyclic) bond motifs is 1. The lowest BCUT2D eigenvalue weighted by Gasteiger charge is -2.15. The van der Waals surface area contributed by atoms with Gasteiger partial charge in [0.25, 0.3) is 11.8 Å². The van der Waals surface area contributed by atoms with Gasteiger partial charge in [0.15, 0.2) is 5.65 Å². The Bertz CT molecular complexity index is 967. The van der Waals surface area contributed by atoms with Gasteiger partial charge < -0.3 is 5.73 Å². The van der Waals surface area contributed by atoms with Gasteiger partial charge in [0.05, 0.1) is 17.8 Å². The van der Waals surface area contributed by atoms with Gasteiger partial charge in [-0.15, -0.1) is 0 Å². The minimum atomic E-state index is -2.58. The molecule has 3 heterocycles. The van der Waals surface area contributed by atoms with Crippen LogP contribution in [0.15, 0.2) is 42.7 Å². The molecule has 0 radical (unpaired) electrons. The van der Waals surface area contributed by atoms with Crippen molar-refractivity contribution in [1.29, 1.82) is 0 Å². The van der Waals surface area contributed by atoms with Gasteiger partial charge in [0.2, 0.25) is 0 Å². The molecule has 0 spiro atoms. The molecule has 1 fully saturated rings. The summed E-state index contributed by atoms with van der Waals surface area (Å²) < 4.78 is 28.2. The van der Waals surface area contributed by atoms with Crippen LogP contribution >= 0.6 is 0 Å². The molecular formula is C18H17F2N5O. The zero-order chi connectivity index (χ0) is 18.3. The van der Waals surface area contributed by atoms with Gasteiger partial charge in [-0.2, -0.15) is 5.10 Å². The number of nitrogens with two attached hydrogens (primary N) is 1. The maximum atomic E-state index is 13.3. The smallest absolute Gasteiger partial charge is 0.261 e. The Hall–Kier alpha value is -2.87. The number of hydrogen-bond acceptors (Lipinski definition) is 4. The van der Waals surface area contributed by atoms with Crippen molar-refractivity contribution < 1.29 is 13.6 Å². The zero-order valence-electron chi connectivity index (χ0n) is 13.9. The number of carbonyl (C=O) groups excluding carboxylic acids is 1. The molecular weight excluding hydrogens is 340 g/mol. The molecule has 0 atom stereocenters. The van der Waals surface area contributed by atoms with Crippen molar-refractivity contribution in [2.45, 2.75) is 18.9 Å². The van der Waals surface area contributed by atoms with E-state index < -0.39 is 11.8 Å². The Labute approximate surface area is 148 Å². The van der Waals surface area contributed by atoms with Gasteiger partial charge in [-0.05, 0) is 17.7 Å². The standard InChI is InChI=1S/C18H17F2N5O/c19-18(20)7-8-24(10-18)9-12-1-3-13(4-2-12)15-6-5-14(16(21)26)17-22-11-23-25(15)17/h1-6,11H,7-10H2,(H2,21,26). The molecule has 4 rings (SSSR count). The van der Waals surface area contributed by atoms with E-state index in [0.717, 1.165) is 16.8 Å². The Kier molecular flexibility index (Phi) is 3.91. The fourth-order valence-electron chi connectivity index (χ4n) is 3.30. The predicted molar refractivity (Wildman–Crippen MR) is 91.8 cm³/mol. The average Bonchev–Trinajstić information content (AvgIpc) is 3.21. The lowest BCUT2D eigenvalue weighted by Crippen LogP contribution is -2.24. The third-order valence-electron chi connectivity index (χ3n) is 4.59. The van der Waals surface area contributed by atoms with Crippen LogP contribution < -0.4 is 5.73 Å². The van der Waals surface area contributed by atoms with E-state index in [-0.39, 0.29) is 13.0 Å². The van der Waals surface area contributed by atoms with Crippen molar-refractivity contribution in [3.63, 3.8) is 0 Å². The monoisotopic (exact) mass is 357 g/mol. The molecule has 2 N–H and O–H groups in total. The number of carbonyl (C=O) groups is 1. The number of pyridine rings is 1. The first-order valence-electron chi connectivity index (χ1n) is 8.25. The van der Waals surface area contributed by atoms with Crippen molar-refractivity contribution in [2.24, 2.45) is 5.73 Å². The topological polar surface area (TPSA) is 76.5 Å². The largest absolute Gasteiger partial charge is 0.365 e. The molecule has 0 unspecified atom stereocenters. The van der Waals surface area contributed by atoms with Gasteiger partial charge in [0, 0.05) is 25.1 Å². The minimum absolute atomic E-state index is 0.0818. The lowest BCUT2D eigenvalue weighted by molar-refractivity contribution is 0.0115. The molecule has 2 aromatic heterocycles. The van der Waals surface area contributed by atoms with E-state index in [1.807, 2.05) is 24.3 Å². The first-order chi connectivity index (χ1) is 12.4. The Morgan fingerprint density at radius 3 is 2.62 bits per heavy atom. The molecule has 1 aliphatic heterocycles. The summed E-state index contributed by atoms with van der Waals surface area (Å²) in [5.41, 5.74) is 8.69. The van der Waals surface area contributed by atoms with Crippen molar-refractivity contribution in [3.05, 3.63) is 53.9 Å². The first kappa shape index (κ1) is 16.6. The second-order valence-corrected chi connectivity index (χ2v) is 6.51. The maximum Gasteiger partial charge on any atom is 0.261 e. The van der Waals surface area contributed by atoms with E-state index in [9.17, 15) is 13.6 Å². The number of primary amides is 1. The SMILES string of the molecule is NC(=O)c1ccc(-c2ccc(CN3CCC(F)(F)C3)cc2)n2ncnc12. The molecule has 6 nitrogen and oxygen atoms in total. The normalized spacial score (nSPS) is 17.0. The molecule has 134 valence electrons. The van der Waals surface area contributed by atoms with E-state index in [1.165, 1.54) is 6.33 Å². The van der Waals surface area contributed by atoms with Gasteiger partial charge in [-0.3, -0.25) is 9.69 Å². The summed E-state index contributed by atoms with van der Waals surface area (Å²) in [5.74, 6) is -3.15.